The number of rotatable bonds is 5. The number of nitrogens with zero attached hydrogens (tertiary/aromatic N) is 4. The molecule has 0 bridgehead atoms. The minimum atomic E-state index is -3.17. The lowest BCUT2D eigenvalue weighted by Crippen LogP contribution is -2.42. The van der Waals surface area contributed by atoms with Crippen LogP contribution in [0.3, 0.4) is 0 Å². The highest BCUT2D eigenvalue weighted by molar-refractivity contribution is 7.99. The van der Waals surface area contributed by atoms with Crippen LogP contribution in [0, 0.1) is 0 Å². The third kappa shape index (κ3) is 5.09. The number of aryl methyl sites for hydroxylation is 1. The van der Waals surface area contributed by atoms with Crippen LogP contribution in [0.1, 0.15) is 45.1 Å². The molecule has 0 aromatic carbocycles. The monoisotopic (exact) mass is 487 g/mol. The number of carboxylic acid groups (broad SMARTS) is 1. The Bertz CT molecular complexity index is 1210. The van der Waals surface area contributed by atoms with E-state index in [0.717, 1.165) is 16.3 Å². The highest BCUT2D eigenvalue weighted by Gasteiger charge is 2.38. The molecule has 1 saturated heterocycles. The Kier molecular flexibility index (Phi) is 7.50. The fraction of sp³-hybridized carbons (Fsp3) is 0.684. The van der Waals surface area contributed by atoms with Crippen molar-refractivity contribution < 1.29 is 18.3 Å². The first-order valence-corrected chi connectivity index (χ1v) is 13.4. The largest absolute Gasteiger partial charge is 0.481 e. The van der Waals surface area contributed by atoms with Crippen molar-refractivity contribution in [3.8, 4) is 0 Å². The highest BCUT2D eigenvalue weighted by Crippen LogP contribution is 2.32. The van der Waals surface area contributed by atoms with E-state index in [0.29, 0.717) is 6.04 Å². The van der Waals surface area contributed by atoms with Gasteiger partial charge in [-0.15, -0.1) is 0 Å². The van der Waals surface area contributed by atoms with Crippen molar-refractivity contribution in [2.24, 2.45) is 12.8 Å². The van der Waals surface area contributed by atoms with Gasteiger partial charge in [-0.3, -0.25) is 18.7 Å². The fourth-order valence-corrected chi connectivity index (χ4v) is 6.14. The summed E-state index contributed by atoms with van der Waals surface area (Å²) < 4.78 is 26.9. The first-order valence-electron chi connectivity index (χ1n) is 10.6. The molecular formula is C19H29N5O6S2. The summed E-state index contributed by atoms with van der Waals surface area (Å²) in [5, 5.41) is 9.11. The van der Waals surface area contributed by atoms with Gasteiger partial charge >= 0.3 is 11.7 Å². The molecule has 1 aliphatic heterocycles. The molecule has 3 N–H and O–H groups in total. The van der Waals surface area contributed by atoms with Crippen LogP contribution in [0.5, 0.6) is 0 Å². The van der Waals surface area contributed by atoms with Crippen LogP contribution in [0.4, 0.5) is 0 Å². The first-order chi connectivity index (χ1) is 15.1. The number of thioether (sulfide) groups is 1. The summed E-state index contributed by atoms with van der Waals surface area (Å²) in [6.45, 7) is 1.82. The Morgan fingerprint density at radius 1 is 1.22 bits per heavy atom. The maximum Gasteiger partial charge on any atom is 0.332 e. The lowest BCUT2D eigenvalue weighted by Gasteiger charge is -2.28. The van der Waals surface area contributed by atoms with Crippen LogP contribution >= 0.6 is 11.8 Å². The molecule has 2 aliphatic rings. The number of fused-ring (bicyclic) bond motifs is 1. The van der Waals surface area contributed by atoms with Gasteiger partial charge < -0.3 is 15.4 Å². The van der Waals surface area contributed by atoms with Gasteiger partial charge in [-0.25, -0.2) is 18.2 Å². The van der Waals surface area contributed by atoms with Gasteiger partial charge in [-0.05, 0) is 19.8 Å². The molecule has 0 atom stereocenters. The Morgan fingerprint density at radius 3 is 2.31 bits per heavy atom. The van der Waals surface area contributed by atoms with Crippen LogP contribution < -0.4 is 17.0 Å². The molecule has 4 rings (SSSR count). The summed E-state index contributed by atoms with van der Waals surface area (Å²) in [6, 6.07) is 0.0375. The quantitative estimate of drug-likeness (QED) is 0.567. The van der Waals surface area contributed by atoms with Gasteiger partial charge in [-0.2, -0.15) is 0 Å². The maximum atomic E-state index is 12.7. The molecule has 2 fully saturated rings. The van der Waals surface area contributed by atoms with E-state index in [9.17, 15) is 22.8 Å². The standard InChI is InChI=1S/C13H16N4O6S2.C6H13N/c1-3-16-11(20)9-10(15(2)13(16)21)14-12(24-4-8(18)19)17(9)7-5-25(22,23)6-7;7-6-4-2-1-3-5-6/h7H,3-6H2,1-2H3,(H,18,19);6H,1-5,7H2. The SMILES string of the molecule is CCn1c(=O)c2c(nc(SCC(=O)O)n2C2CS(=O)(=O)C2)n(C)c1=O.NC1CCCCC1. The van der Waals surface area contributed by atoms with Crippen LogP contribution in [0.2, 0.25) is 0 Å². The highest BCUT2D eigenvalue weighted by atomic mass is 32.2. The summed E-state index contributed by atoms with van der Waals surface area (Å²) >= 11 is 0.889. The molecule has 2 aromatic heterocycles. The Labute approximate surface area is 189 Å². The van der Waals surface area contributed by atoms with Gasteiger partial charge in [0, 0.05) is 19.6 Å². The Morgan fingerprint density at radius 2 is 1.84 bits per heavy atom. The fourth-order valence-electron chi connectivity index (χ4n) is 3.99. The van der Waals surface area contributed by atoms with Gasteiger partial charge in [-0.1, -0.05) is 31.0 Å². The molecule has 11 nitrogen and oxygen atoms in total. The van der Waals surface area contributed by atoms with Crippen LogP contribution in [0.25, 0.3) is 11.2 Å². The van der Waals surface area contributed by atoms with E-state index in [4.69, 9.17) is 10.8 Å². The van der Waals surface area contributed by atoms with E-state index in [2.05, 4.69) is 4.98 Å². The smallest absolute Gasteiger partial charge is 0.332 e. The van der Waals surface area contributed by atoms with Crippen LogP contribution in [-0.2, 0) is 28.2 Å². The molecule has 3 heterocycles. The van der Waals surface area contributed by atoms with Gasteiger partial charge in [0.1, 0.15) is 0 Å². The number of hydrogen-bond acceptors (Lipinski definition) is 8. The summed E-state index contributed by atoms with van der Waals surface area (Å²) in [5.41, 5.74) is 4.80. The maximum absolute atomic E-state index is 12.7. The van der Waals surface area contributed by atoms with Crippen molar-refractivity contribution in [1.82, 2.24) is 18.7 Å². The molecule has 13 heteroatoms. The average molecular weight is 488 g/mol. The molecular weight excluding hydrogens is 458 g/mol. The van der Waals surface area contributed by atoms with Crippen molar-refractivity contribution in [2.45, 2.75) is 62.8 Å². The van der Waals surface area contributed by atoms with E-state index in [-0.39, 0.29) is 40.1 Å². The second kappa shape index (κ2) is 9.79. The number of aromatic nitrogens is 4. The van der Waals surface area contributed by atoms with Gasteiger partial charge in [0.2, 0.25) is 0 Å². The first kappa shape index (κ1) is 24.5. The summed E-state index contributed by atoms with van der Waals surface area (Å²) in [5.74, 6) is -1.65. The van der Waals surface area contributed by atoms with Gasteiger partial charge in [0.05, 0.1) is 23.3 Å². The number of hydrogen-bond donors (Lipinski definition) is 2. The topological polar surface area (TPSA) is 159 Å². The van der Waals surface area contributed by atoms with Gasteiger partial charge in [0.25, 0.3) is 5.56 Å². The second-order valence-electron chi connectivity index (χ2n) is 8.14. The third-order valence-electron chi connectivity index (χ3n) is 5.69. The summed E-state index contributed by atoms with van der Waals surface area (Å²) in [4.78, 5) is 40.1. The molecule has 0 spiro atoms. The molecule has 1 aliphatic carbocycles. The van der Waals surface area contributed by atoms with Crippen LogP contribution in [-0.4, -0.2) is 61.5 Å². The molecule has 2 aromatic rings. The number of aliphatic carboxylic acids is 1. The lowest BCUT2D eigenvalue weighted by atomic mass is 9.97. The summed E-state index contributed by atoms with van der Waals surface area (Å²) in [6.07, 6.45) is 6.66. The van der Waals surface area contributed by atoms with Crippen molar-refractivity contribution >= 4 is 38.7 Å². The molecule has 32 heavy (non-hydrogen) atoms. The number of carbonyl (C=O) groups is 1. The molecule has 1 saturated carbocycles. The molecule has 0 amide bonds. The second-order valence-corrected chi connectivity index (χ2v) is 11.2. The predicted octanol–water partition coefficient (Wildman–Crippen LogP) is 0.341. The molecule has 0 radical (unpaired) electrons. The molecule has 0 unspecified atom stereocenters. The lowest BCUT2D eigenvalue weighted by molar-refractivity contribution is -0.133. The number of carboxylic acids is 1. The van der Waals surface area contributed by atoms with Crippen molar-refractivity contribution in [3.63, 3.8) is 0 Å². The Hall–Kier alpha value is -2.12. The minimum Gasteiger partial charge on any atom is -0.481 e. The van der Waals surface area contributed by atoms with E-state index in [1.54, 1.807) is 6.92 Å². The zero-order valence-electron chi connectivity index (χ0n) is 18.2. The number of sulfone groups is 1. The Balaban J connectivity index is 0.000000352. The number of imidazole rings is 1. The van der Waals surface area contributed by atoms with Crippen molar-refractivity contribution in [2.75, 3.05) is 17.3 Å². The van der Waals surface area contributed by atoms with E-state index < -0.39 is 33.1 Å². The zero-order chi connectivity index (χ0) is 23.6. The average Bonchev–Trinajstić information content (AvgIpc) is 3.10. The summed E-state index contributed by atoms with van der Waals surface area (Å²) in [7, 11) is -1.70. The predicted molar refractivity (Wildman–Crippen MR) is 122 cm³/mol. The molecule has 178 valence electrons. The van der Waals surface area contributed by atoms with Crippen molar-refractivity contribution in [3.05, 3.63) is 20.8 Å². The minimum absolute atomic E-state index is 0.122. The van der Waals surface area contributed by atoms with E-state index >= 15 is 0 Å². The third-order valence-corrected chi connectivity index (χ3v) is 8.41. The van der Waals surface area contributed by atoms with E-state index in [1.807, 2.05) is 0 Å². The van der Waals surface area contributed by atoms with Gasteiger partial charge in [0.15, 0.2) is 26.2 Å². The van der Waals surface area contributed by atoms with E-state index in [1.165, 1.54) is 48.3 Å². The van der Waals surface area contributed by atoms with Crippen LogP contribution in [0.15, 0.2) is 14.7 Å². The number of nitrogens with two attached hydrogens (primary N) is 1. The normalized spacial score (nSPS) is 18.7. The zero-order valence-corrected chi connectivity index (χ0v) is 19.8. The van der Waals surface area contributed by atoms with Crippen molar-refractivity contribution in [1.29, 1.82) is 0 Å².